The number of hydrogen-bond donors (Lipinski definition) is 2. The molecule has 1 amide bonds. The second-order valence-corrected chi connectivity index (χ2v) is 5.39. The Morgan fingerprint density at radius 2 is 2.44 bits per heavy atom. The Labute approximate surface area is 111 Å². The van der Waals surface area contributed by atoms with Gasteiger partial charge in [-0.25, -0.2) is 4.98 Å². The number of H-pyrrole nitrogens is 1. The second kappa shape index (κ2) is 4.65. The molecule has 1 aliphatic rings. The normalized spacial score (nSPS) is 19.9. The minimum absolute atomic E-state index is 0.196. The topological polar surface area (TPSA) is 49.0 Å². The molecule has 3 rings (SSSR count). The molecule has 3 heterocycles. The highest BCUT2D eigenvalue weighted by Gasteiger charge is 2.26. The molecule has 18 heavy (non-hydrogen) atoms. The number of carbonyl (C=O) groups excluding carboxylic acids is 1. The van der Waals surface area contributed by atoms with Crippen molar-refractivity contribution in [2.45, 2.75) is 18.1 Å². The van der Waals surface area contributed by atoms with Crippen LogP contribution in [0.4, 0.5) is 0 Å². The number of aromatic amines is 1. The van der Waals surface area contributed by atoms with E-state index in [0.29, 0.717) is 6.42 Å². The molecule has 0 radical (unpaired) electrons. The predicted octanol–water partition coefficient (Wildman–Crippen LogP) is 1.64. The molecule has 0 aromatic carbocycles. The zero-order chi connectivity index (χ0) is 12.5. The number of thiol groups is 1. The van der Waals surface area contributed by atoms with Gasteiger partial charge in [-0.05, 0) is 24.1 Å². The van der Waals surface area contributed by atoms with Crippen molar-refractivity contribution in [2.24, 2.45) is 0 Å². The molecule has 0 bridgehead atoms. The van der Waals surface area contributed by atoms with Gasteiger partial charge in [0.05, 0.1) is 0 Å². The Morgan fingerprint density at radius 1 is 1.56 bits per heavy atom. The van der Waals surface area contributed by atoms with E-state index in [1.807, 2.05) is 17.2 Å². The van der Waals surface area contributed by atoms with Crippen molar-refractivity contribution in [3.63, 3.8) is 0 Å². The van der Waals surface area contributed by atoms with E-state index in [4.69, 9.17) is 0 Å². The van der Waals surface area contributed by atoms with E-state index >= 15 is 0 Å². The zero-order valence-electron chi connectivity index (χ0n) is 9.97. The number of nitrogens with zero attached hydrogens (tertiary/aromatic N) is 2. The monoisotopic (exact) mass is 261 g/mol. The largest absolute Gasteiger partial charge is 0.346 e. The summed E-state index contributed by atoms with van der Waals surface area (Å²) in [5.41, 5.74) is 2.13. The lowest BCUT2D eigenvalue weighted by Crippen LogP contribution is -2.27. The summed E-state index contributed by atoms with van der Waals surface area (Å²) in [6, 6.07) is 3.99. The molecule has 1 saturated heterocycles. The maximum atomic E-state index is 11.7. The van der Waals surface area contributed by atoms with Crippen LogP contribution in [0.2, 0.25) is 0 Å². The molecule has 0 saturated carbocycles. The fourth-order valence-electron chi connectivity index (χ4n) is 2.44. The third-order valence-corrected chi connectivity index (χ3v) is 3.73. The highest BCUT2D eigenvalue weighted by molar-refractivity contribution is 7.81. The molecule has 5 heteroatoms. The molecule has 94 valence electrons. The molecule has 2 aromatic rings. The van der Waals surface area contributed by atoms with Gasteiger partial charge in [0.25, 0.3) is 0 Å². The quantitative estimate of drug-likeness (QED) is 0.825. The van der Waals surface area contributed by atoms with Crippen LogP contribution in [-0.4, -0.2) is 39.1 Å². The summed E-state index contributed by atoms with van der Waals surface area (Å²) in [6.07, 6.45) is 5.19. The lowest BCUT2D eigenvalue weighted by atomic mass is 10.1. The maximum Gasteiger partial charge on any atom is 0.223 e. The van der Waals surface area contributed by atoms with Crippen LogP contribution in [-0.2, 0) is 11.2 Å². The van der Waals surface area contributed by atoms with Gasteiger partial charge >= 0.3 is 0 Å². The molecular formula is C13H15N3OS. The molecular weight excluding hydrogens is 246 g/mol. The van der Waals surface area contributed by atoms with Gasteiger partial charge in [-0.15, -0.1) is 0 Å². The van der Waals surface area contributed by atoms with Gasteiger partial charge in [0.2, 0.25) is 5.91 Å². The van der Waals surface area contributed by atoms with Crippen molar-refractivity contribution < 1.29 is 4.79 Å². The smallest absolute Gasteiger partial charge is 0.223 e. The molecule has 1 atom stereocenters. The summed E-state index contributed by atoms with van der Waals surface area (Å²) in [6.45, 7) is 1.53. The number of pyridine rings is 1. The van der Waals surface area contributed by atoms with Crippen molar-refractivity contribution in [1.29, 1.82) is 0 Å². The van der Waals surface area contributed by atoms with Crippen molar-refractivity contribution in [3.05, 3.63) is 30.1 Å². The Kier molecular flexibility index (Phi) is 2.99. The van der Waals surface area contributed by atoms with Crippen LogP contribution >= 0.6 is 12.6 Å². The molecule has 1 fully saturated rings. The van der Waals surface area contributed by atoms with Gasteiger partial charge in [0, 0.05) is 42.5 Å². The number of fused-ring (bicyclic) bond motifs is 1. The Balaban J connectivity index is 1.72. The van der Waals surface area contributed by atoms with Crippen LogP contribution in [0.25, 0.3) is 11.0 Å². The predicted molar refractivity (Wildman–Crippen MR) is 73.8 cm³/mol. The van der Waals surface area contributed by atoms with Gasteiger partial charge in [-0.1, -0.05) is 0 Å². The summed E-state index contributed by atoms with van der Waals surface area (Å²) in [5, 5.41) is 1.34. The highest BCUT2D eigenvalue weighted by atomic mass is 32.1. The van der Waals surface area contributed by atoms with Crippen molar-refractivity contribution >= 4 is 29.6 Å². The van der Waals surface area contributed by atoms with Crippen molar-refractivity contribution in [1.82, 2.24) is 14.9 Å². The summed E-state index contributed by atoms with van der Waals surface area (Å²) in [7, 11) is 0. The minimum atomic E-state index is 0.196. The molecule has 2 aromatic heterocycles. The van der Waals surface area contributed by atoms with Gasteiger partial charge < -0.3 is 9.88 Å². The molecule has 1 aliphatic heterocycles. The molecule has 1 unspecified atom stereocenters. The fourth-order valence-corrected chi connectivity index (χ4v) is 2.80. The van der Waals surface area contributed by atoms with E-state index in [9.17, 15) is 4.79 Å². The summed E-state index contributed by atoms with van der Waals surface area (Å²) in [4.78, 5) is 21.0. The van der Waals surface area contributed by atoms with Crippen molar-refractivity contribution in [3.8, 4) is 0 Å². The van der Waals surface area contributed by atoms with Crippen LogP contribution in [0.15, 0.2) is 24.5 Å². The molecule has 1 N–H and O–H groups in total. The highest BCUT2D eigenvalue weighted by Crippen LogP contribution is 2.19. The standard InChI is InChI=1S/C13H15N3OS/c17-12-6-10(18)8-16(12)5-3-9-7-15-13-11(9)2-1-4-14-13/h1-2,4,7,10,18H,3,5-6,8H2,(H,14,15). The molecule has 0 aliphatic carbocycles. The number of aromatic nitrogens is 2. The average Bonchev–Trinajstić information content (AvgIpc) is 2.90. The third-order valence-electron chi connectivity index (χ3n) is 3.38. The van der Waals surface area contributed by atoms with E-state index in [0.717, 1.165) is 30.5 Å². The molecule has 4 nitrogen and oxygen atoms in total. The lowest BCUT2D eigenvalue weighted by molar-refractivity contribution is -0.127. The van der Waals surface area contributed by atoms with Crippen LogP contribution in [0.5, 0.6) is 0 Å². The lowest BCUT2D eigenvalue weighted by Gasteiger charge is -2.15. The van der Waals surface area contributed by atoms with Gasteiger partial charge in [0.15, 0.2) is 0 Å². The van der Waals surface area contributed by atoms with Crippen LogP contribution in [0.1, 0.15) is 12.0 Å². The summed E-state index contributed by atoms with van der Waals surface area (Å²) >= 11 is 4.36. The van der Waals surface area contributed by atoms with E-state index < -0.39 is 0 Å². The summed E-state index contributed by atoms with van der Waals surface area (Å²) < 4.78 is 0. The second-order valence-electron chi connectivity index (χ2n) is 4.66. The van der Waals surface area contributed by atoms with Crippen LogP contribution in [0.3, 0.4) is 0 Å². The number of likely N-dealkylation sites (tertiary alicyclic amines) is 1. The number of rotatable bonds is 3. The fraction of sp³-hybridized carbons (Fsp3) is 0.385. The summed E-state index contributed by atoms with van der Waals surface area (Å²) in [5.74, 6) is 0.216. The van der Waals surface area contributed by atoms with E-state index in [1.165, 1.54) is 5.56 Å². The van der Waals surface area contributed by atoms with Gasteiger partial charge in [-0.2, -0.15) is 12.6 Å². The number of hydrogen-bond acceptors (Lipinski definition) is 3. The first kappa shape index (κ1) is 11.6. The Bertz CT molecular complexity index is 580. The molecule has 0 spiro atoms. The van der Waals surface area contributed by atoms with Gasteiger partial charge in [-0.3, -0.25) is 4.79 Å². The first-order valence-electron chi connectivity index (χ1n) is 6.11. The zero-order valence-corrected chi connectivity index (χ0v) is 10.9. The first-order chi connectivity index (χ1) is 8.74. The number of amides is 1. The van der Waals surface area contributed by atoms with Crippen molar-refractivity contribution in [2.75, 3.05) is 13.1 Å². The first-order valence-corrected chi connectivity index (χ1v) is 6.62. The Hall–Kier alpha value is -1.49. The average molecular weight is 261 g/mol. The minimum Gasteiger partial charge on any atom is -0.346 e. The Morgan fingerprint density at radius 3 is 3.22 bits per heavy atom. The SMILES string of the molecule is O=C1CC(S)CN1CCc1c[nH]c2ncccc12. The number of carbonyl (C=O) groups is 1. The van der Waals surface area contributed by atoms with E-state index in [1.54, 1.807) is 6.20 Å². The van der Waals surface area contributed by atoms with E-state index in [2.05, 4.69) is 28.7 Å². The van der Waals surface area contributed by atoms with Crippen LogP contribution < -0.4 is 0 Å². The van der Waals surface area contributed by atoms with E-state index in [-0.39, 0.29) is 11.2 Å². The number of nitrogens with one attached hydrogen (secondary N) is 1. The maximum absolute atomic E-state index is 11.7. The van der Waals surface area contributed by atoms with Gasteiger partial charge in [0.1, 0.15) is 5.65 Å². The van der Waals surface area contributed by atoms with Crippen LogP contribution in [0, 0.1) is 0 Å². The third kappa shape index (κ3) is 2.10.